The quantitative estimate of drug-likeness (QED) is 0.859. The third-order valence-corrected chi connectivity index (χ3v) is 2.16. The van der Waals surface area contributed by atoms with Crippen LogP contribution in [0.25, 0.3) is 11.3 Å². The van der Waals surface area contributed by atoms with Gasteiger partial charge < -0.3 is 5.32 Å². The van der Waals surface area contributed by atoms with Crippen LogP contribution in [0.1, 0.15) is 6.92 Å². The molecule has 16 heavy (non-hydrogen) atoms. The lowest BCUT2D eigenvalue weighted by molar-refractivity contribution is 0.628. The minimum atomic E-state index is -0.246. The van der Waals surface area contributed by atoms with Gasteiger partial charge in [-0.15, -0.1) is 0 Å². The zero-order valence-electron chi connectivity index (χ0n) is 8.94. The molecule has 4 heteroatoms. The first-order valence-corrected chi connectivity index (χ1v) is 5.11. The number of benzene rings is 1. The van der Waals surface area contributed by atoms with Crippen molar-refractivity contribution in [2.75, 3.05) is 11.9 Å². The van der Waals surface area contributed by atoms with Crippen LogP contribution in [0, 0.1) is 5.82 Å². The van der Waals surface area contributed by atoms with E-state index in [9.17, 15) is 4.39 Å². The highest BCUT2D eigenvalue weighted by Crippen LogP contribution is 2.18. The fourth-order valence-corrected chi connectivity index (χ4v) is 1.41. The molecular weight excluding hydrogens is 205 g/mol. The molecule has 0 saturated carbocycles. The molecule has 0 radical (unpaired) electrons. The van der Waals surface area contributed by atoms with E-state index in [2.05, 4.69) is 15.3 Å². The average Bonchev–Trinajstić information content (AvgIpc) is 2.31. The SMILES string of the molecule is CCNc1cc(-c2ccc(F)cc2)ncn1. The highest BCUT2D eigenvalue weighted by Gasteiger charge is 2.01. The molecule has 0 bridgehead atoms. The molecule has 0 fully saturated rings. The highest BCUT2D eigenvalue weighted by molar-refractivity contribution is 5.61. The van der Waals surface area contributed by atoms with Crippen molar-refractivity contribution >= 4 is 5.82 Å². The molecule has 1 aromatic heterocycles. The molecule has 2 aromatic rings. The first kappa shape index (κ1) is 10.5. The Kier molecular flexibility index (Phi) is 3.10. The minimum Gasteiger partial charge on any atom is -0.370 e. The van der Waals surface area contributed by atoms with Crippen molar-refractivity contribution in [3.05, 3.63) is 42.5 Å². The van der Waals surface area contributed by atoms with Crippen LogP contribution in [0.4, 0.5) is 10.2 Å². The van der Waals surface area contributed by atoms with E-state index in [0.29, 0.717) is 0 Å². The molecule has 0 aliphatic rings. The number of hydrogen-bond acceptors (Lipinski definition) is 3. The summed E-state index contributed by atoms with van der Waals surface area (Å²) in [4.78, 5) is 8.22. The van der Waals surface area contributed by atoms with Gasteiger partial charge in [0.05, 0.1) is 5.69 Å². The van der Waals surface area contributed by atoms with Crippen molar-refractivity contribution in [2.45, 2.75) is 6.92 Å². The molecule has 0 atom stereocenters. The second-order valence-corrected chi connectivity index (χ2v) is 3.33. The van der Waals surface area contributed by atoms with Gasteiger partial charge in [-0.2, -0.15) is 0 Å². The molecule has 3 nitrogen and oxygen atoms in total. The number of nitrogens with one attached hydrogen (secondary N) is 1. The molecule has 82 valence electrons. The first-order chi connectivity index (χ1) is 7.79. The Morgan fingerprint density at radius 3 is 2.62 bits per heavy atom. The lowest BCUT2D eigenvalue weighted by atomic mass is 10.1. The van der Waals surface area contributed by atoms with Crippen LogP contribution in [0.2, 0.25) is 0 Å². The van der Waals surface area contributed by atoms with E-state index in [-0.39, 0.29) is 5.82 Å². The van der Waals surface area contributed by atoms with Gasteiger partial charge in [0.2, 0.25) is 0 Å². The smallest absolute Gasteiger partial charge is 0.129 e. The van der Waals surface area contributed by atoms with Crippen LogP contribution in [0.15, 0.2) is 36.7 Å². The predicted molar refractivity (Wildman–Crippen MR) is 61.6 cm³/mol. The van der Waals surface area contributed by atoms with E-state index in [1.54, 1.807) is 12.1 Å². The third kappa shape index (κ3) is 2.34. The second kappa shape index (κ2) is 4.70. The summed E-state index contributed by atoms with van der Waals surface area (Å²) >= 11 is 0. The van der Waals surface area contributed by atoms with Crippen LogP contribution in [-0.4, -0.2) is 16.5 Å². The summed E-state index contributed by atoms with van der Waals surface area (Å²) < 4.78 is 12.8. The van der Waals surface area contributed by atoms with Crippen molar-refractivity contribution in [3.8, 4) is 11.3 Å². The zero-order valence-corrected chi connectivity index (χ0v) is 8.94. The molecule has 0 aliphatic carbocycles. The van der Waals surface area contributed by atoms with Gasteiger partial charge in [0.15, 0.2) is 0 Å². The molecule has 0 amide bonds. The molecule has 0 spiro atoms. The van der Waals surface area contributed by atoms with Crippen LogP contribution in [0.5, 0.6) is 0 Å². The number of rotatable bonds is 3. The predicted octanol–water partition coefficient (Wildman–Crippen LogP) is 2.71. The number of anilines is 1. The van der Waals surface area contributed by atoms with Gasteiger partial charge >= 0.3 is 0 Å². The van der Waals surface area contributed by atoms with Gasteiger partial charge in [0.1, 0.15) is 18.0 Å². The summed E-state index contributed by atoms with van der Waals surface area (Å²) in [5, 5.41) is 3.10. The van der Waals surface area contributed by atoms with E-state index in [0.717, 1.165) is 23.6 Å². The molecule has 1 N–H and O–H groups in total. The van der Waals surface area contributed by atoms with E-state index in [1.165, 1.54) is 18.5 Å². The lowest BCUT2D eigenvalue weighted by Gasteiger charge is -2.04. The van der Waals surface area contributed by atoms with Crippen molar-refractivity contribution < 1.29 is 4.39 Å². The van der Waals surface area contributed by atoms with Gasteiger partial charge in [-0.3, -0.25) is 0 Å². The van der Waals surface area contributed by atoms with Crippen molar-refractivity contribution in [1.82, 2.24) is 9.97 Å². The second-order valence-electron chi connectivity index (χ2n) is 3.33. The summed E-state index contributed by atoms with van der Waals surface area (Å²) in [6.07, 6.45) is 1.50. The Morgan fingerprint density at radius 2 is 1.94 bits per heavy atom. The Labute approximate surface area is 93.4 Å². The average molecular weight is 217 g/mol. The van der Waals surface area contributed by atoms with Crippen LogP contribution >= 0.6 is 0 Å². The summed E-state index contributed by atoms with van der Waals surface area (Å²) in [7, 11) is 0. The number of hydrogen-bond donors (Lipinski definition) is 1. The first-order valence-electron chi connectivity index (χ1n) is 5.11. The van der Waals surface area contributed by atoms with Crippen LogP contribution in [-0.2, 0) is 0 Å². The largest absolute Gasteiger partial charge is 0.370 e. The maximum atomic E-state index is 12.8. The van der Waals surface area contributed by atoms with E-state index >= 15 is 0 Å². The number of aromatic nitrogens is 2. The van der Waals surface area contributed by atoms with E-state index < -0.39 is 0 Å². The summed E-state index contributed by atoms with van der Waals surface area (Å²) in [6, 6.07) is 8.09. The van der Waals surface area contributed by atoms with Crippen molar-refractivity contribution in [3.63, 3.8) is 0 Å². The molecular formula is C12H12FN3. The lowest BCUT2D eigenvalue weighted by Crippen LogP contribution is -1.99. The van der Waals surface area contributed by atoms with Gasteiger partial charge in [-0.25, -0.2) is 14.4 Å². The third-order valence-electron chi connectivity index (χ3n) is 2.16. The Bertz CT molecular complexity index is 468. The Hall–Kier alpha value is -1.97. The minimum absolute atomic E-state index is 0.246. The van der Waals surface area contributed by atoms with Gasteiger partial charge in [0, 0.05) is 18.2 Å². The van der Waals surface area contributed by atoms with Crippen molar-refractivity contribution in [1.29, 1.82) is 0 Å². The van der Waals surface area contributed by atoms with E-state index in [4.69, 9.17) is 0 Å². The normalized spacial score (nSPS) is 10.1. The fraction of sp³-hybridized carbons (Fsp3) is 0.167. The van der Waals surface area contributed by atoms with Crippen molar-refractivity contribution in [2.24, 2.45) is 0 Å². The standard InChI is InChI=1S/C12H12FN3/c1-2-14-12-7-11(15-8-16-12)9-3-5-10(13)6-4-9/h3-8H,2H2,1H3,(H,14,15,16). The monoisotopic (exact) mass is 217 g/mol. The summed E-state index contributed by atoms with van der Waals surface area (Å²) in [5.41, 5.74) is 1.66. The maximum absolute atomic E-state index is 12.8. The molecule has 2 rings (SSSR count). The zero-order chi connectivity index (χ0) is 11.4. The number of nitrogens with zero attached hydrogens (tertiary/aromatic N) is 2. The molecule has 0 unspecified atom stereocenters. The molecule has 0 saturated heterocycles. The van der Waals surface area contributed by atoms with Crippen LogP contribution in [0.3, 0.4) is 0 Å². The Morgan fingerprint density at radius 1 is 1.19 bits per heavy atom. The maximum Gasteiger partial charge on any atom is 0.129 e. The van der Waals surface area contributed by atoms with E-state index in [1.807, 2.05) is 13.0 Å². The summed E-state index contributed by atoms with van der Waals surface area (Å²) in [6.45, 7) is 2.81. The van der Waals surface area contributed by atoms with Gasteiger partial charge in [-0.1, -0.05) is 0 Å². The van der Waals surface area contributed by atoms with Gasteiger partial charge in [0.25, 0.3) is 0 Å². The fourth-order valence-electron chi connectivity index (χ4n) is 1.41. The molecule has 1 aromatic carbocycles. The highest BCUT2D eigenvalue weighted by atomic mass is 19.1. The topological polar surface area (TPSA) is 37.8 Å². The Balaban J connectivity index is 2.32. The van der Waals surface area contributed by atoms with Crippen LogP contribution < -0.4 is 5.32 Å². The van der Waals surface area contributed by atoms with Gasteiger partial charge in [-0.05, 0) is 31.2 Å². The summed E-state index contributed by atoms with van der Waals surface area (Å²) in [5.74, 6) is 0.529. The molecule has 1 heterocycles. The number of halogens is 1. The molecule has 0 aliphatic heterocycles.